The number of aryl methyl sites for hydroxylation is 1. The van der Waals surface area contributed by atoms with Crippen molar-refractivity contribution in [1.29, 1.82) is 0 Å². The van der Waals surface area contributed by atoms with Gasteiger partial charge in [0.15, 0.2) is 5.89 Å². The number of carbonyl (C=O) groups is 1. The lowest BCUT2D eigenvalue weighted by Gasteiger charge is -2.25. The summed E-state index contributed by atoms with van der Waals surface area (Å²) in [7, 11) is 0. The highest BCUT2D eigenvalue weighted by molar-refractivity contribution is 5.93. The molecule has 7 heteroatoms. The number of carbonyl (C=O) groups excluding carboxylic acids is 1. The molecule has 0 bridgehead atoms. The average molecular weight is 366 g/mol. The second kappa shape index (κ2) is 6.98. The van der Waals surface area contributed by atoms with Gasteiger partial charge in [0, 0.05) is 31.8 Å². The lowest BCUT2D eigenvalue weighted by atomic mass is 10.1. The van der Waals surface area contributed by atoms with Crippen LogP contribution in [0.2, 0.25) is 0 Å². The van der Waals surface area contributed by atoms with Gasteiger partial charge in [0.25, 0.3) is 11.5 Å². The molecule has 0 saturated carbocycles. The van der Waals surface area contributed by atoms with Crippen molar-refractivity contribution < 1.29 is 9.21 Å². The van der Waals surface area contributed by atoms with Crippen LogP contribution in [0, 0.1) is 5.92 Å². The Kier molecular flexibility index (Phi) is 4.51. The topological polar surface area (TPSA) is 80.7 Å². The first-order chi connectivity index (χ1) is 13.0. The Bertz CT molecular complexity index is 1050. The first-order valence-electron chi connectivity index (χ1n) is 9.26. The summed E-state index contributed by atoms with van der Waals surface area (Å²) in [5.74, 6) is 1.85. The molecule has 0 N–H and O–H groups in total. The van der Waals surface area contributed by atoms with Crippen molar-refractivity contribution in [2.75, 3.05) is 6.54 Å². The third-order valence-corrected chi connectivity index (χ3v) is 4.84. The maximum Gasteiger partial charge on any atom is 0.270 e. The van der Waals surface area contributed by atoms with E-state index in [1.807, 2.05) is 0 Å². The van der Waals surface area contributed by atoms with Crippen molar-refractivity contribution in [3.05, 3.63) is 63.9 Å². The number of rotatable bonds is 4. The highest BCUT2D eigenvalue weighted by Gasteiger charge is 2.28. The van der Waals surface area contributed by atoms with E-state index in [9.17, 15) is 9.59 Å². The van der Waals surface area contributed by atoms with Crippen molar-refractivity contribution in [2.24, 2.45) is 5.92 Å². The van der Waals surface area contributed by atoms with Crippen LogP contribution in [0.3, 0.4) is 0 Å². The molecule has 0 spiro atoms. The predicted molar refractivity (Wildman–Crippen MR) is 99.6 cm³/mol. The molecule has 0 radical (unpaired) electrons. The van der Waals surface area contributed by atoms with Gasteiger partial charge in [-0.2, -0.15) is 0 Å². The quantitative estimate of drug-likeness (QED) is 0.709. The standard InChI is InChI=1S/C20H22N4O3/c1-13(2)6-7-18-22-15-12-23(10-8-16(15)27-18)19(25)14-11-21-17-5-3-4-9-24(17)20(14)26/h3-5,9,11,13H,6-8,10,12H2,1-2H3. The van der Waals surface area contributed by atoms with Crippen LogP contribution in [0.5, 0.6) is 0 Å². The zero-order chi connectivity index (χ0) is 19.0. The van der Waals surface area contributed by atoms with Crippen molar-refractivity contribution in [1.82, 2.24) is 19.3 Å². The van der Waals surface area contributed by atoms with Gasteiger partial charge in [-0.05, 0) is 24.5 Å². The first kappa shape index (κ1) is 17.5. The van der Waals surface area contributed by atoms with Crippen LogP contribution in [0.4, 0.5) is 0 Å². The zero-order valence-electron chi connectivity index (χ0n) is 15.5. The Balaban J connectivity index is 1.56. The van der Waals surface area contributed by atoms with Gasteiger partial charge in [-0.25, -0.2) is 9.97 Å². The molecule has 4 heterocycles. The number of hydrogen-bond acceptors (Lipinski definition) is 5. The molecule has 1 amide bonds. The van der Waals surface area contributed by atoms with Crippen LogP contribution in [-0.2, 0) is 19.4 Å². The molecule has 0 aromatic carbocycles. The molecule has 3 aromatic heterocycles. The number of nitrogens with zero attached hydrogens (tertiary/aromatic N) is 4. The maximum atomic E-state index is 12.9. The van der Waals surface area contributed by atoms with Crippen LogP contribution >= 0.6 is 0 Å². The number of oxazole rings is 1. The highest BCUT2D eigenvalue weighted by atomic mass is 16.4. The molecular formula is C20H22N4O3. The van der Waals surface area contributed by atoms with Gasteiger partial charge in [-0.15, -0.1) is 0 Å². The molecule has 7 nitrogen and oxygen atoms in total. The Morgan fingerprint density at radius 3 is 3.00 bits per heavy atom. The van der Waals surface area contributed by atoms with E-state index in [0.717, 1.165) is 30.2 Å². The summed E-state index contributed by atoms with van der Waals surface area (Å²) < 4.78 is 7.24. The first-order valence-corrected chi connectivity index (χ1v) is 9.26. The van der Waals surface area contributed by atoms with E-state index < -0.39 is 0 Å². The minimum absolute atomic E-state index is 0.0747. The van der Waals surface area contributed by atoms with Crippen LogP contribution in [0.1, 0.15) is 48.0 Å². The summed E-state index contributed by atoms with van der Waals surface area (Å²) >= 11 is 0. The molecule has 0 aliphatic carbocycles. The van der Waals surface area contributed by atoms with Gasteiger partial charge in [0.05, 0.1) is 6.54 Å². The molecule has 0 fully saturated rings. The minimum Gasteiger partial charge on any atom is -0.445 e. The molecule has 0 atom stereocenters. The summed E-state index contributed by atoms with van der Waals surface area (Å²) in [5, 5.41) is 0. The summed E-state index contributed by atoms with van der Waals surface area (Å²) in [5.41, 5.74) is 1.04. The number of amides is 1. The Morgan fingerprint density at radius 1 is 1.33 bits per heavy atom. The average Bonchev–Trinajstić information content (AvgIpc) is 3.08. The number of hydrogen-bond donors (Lipinski definition) is 0. The Labute approximate surface area is 156 Å². The van der Waals surface area contributed by atoms with Crippen molar-refractivity contribution >= 4 is 11.6 Å². The van der Waals surface area contributed by atoms with E-state index in [1.165, 1.54) is 10.6 Å². The van der Waals surface area contributed by atoms with Crippen LogP contribution in [-0.4, -0.2) is 31.7 Å². The second-order valence-electron chi connectivity index (χ2n) is 7.29. The van der Waals surface area contributed by atoms with Gasteiger partial charge < -0.3 is 9.32 Å². The van der Waals surface area contributed by atoms with E-state index in [1.54, 1.807) is 29.3 Å². The monoisotopic (exact) mass is 366 g/mol. The van der Waals surface area contributed by atoms with E-state index in [2.05, 4.69) is 23.8 Å². The van der Waals surface area contributed by atoms with Gasteiger partial charge in [0.1, 0.15) is 22.7 Å². The van der Waals surface area contributed by atoms with E-state index in [-0.39, 0.29) is 17.0 Å². The molecule has 27 heavy (non-hydrogen) atoms. The fraction of sp³-hybridized carbons (Fsp3) is 0.400. The lowest BCUT2D eigenvalue weighted by molar-refractivity contribution is 0.0725. The maximum absolute atomic E-state index is 12.9. The molecule has 1 aliphatic heterocycles. The Morgan fingerprint density at radius 2 is 2.19 bits per heavy atom. The predicted octanol–water partition coefficient (Wildman–Crippen LogP) is 2.47. The zero-order valence-corrected chi connectivity index (χ0v) is 15.5. The number of aromatic nitrogens is 3. The van der Waals surface area contributed by atoms with Gasteiger partial charge in [0.2, 0.25) is 0 Å². The van der Waals surface area contributed by atoms with Crippen molar-refractivity contribution in [3.8, 4) is 0 Å². The third kappa shape index (κ3) is 3.37. The summed E-state index contributed by atoms with van der Waals surface area (Å²) in [4.78, 5) is 36.0. The summed E-state index contributed by atoms with van der Waals surface area (Å²) in [6, 6.07) is 5.28. The Hall–Kier alpha value is -2.96. The van der Waals surface area contributed by atoms with Crippen LogP contribution < -0.4 is 5.56 Å². The summed E-state index contributed by atoms with van der Waals surface area (Å²) in [6.45, 7) is 5.19. The molecule has 1 aliphatic rings. The van der Waals surface area contributed by atoms with E-state index in [0.29, 0.717) is 31.1 Å². The van der Waals surface area contributed by atoms with Crippen molar-refractivity contribution in [3.63, 3.8) is 0 Å². The molecule has 4 rings (SSSR count). The van der Waals surface area contributed by atoms with Crippen molar-refractivity contribution in [2.45, 2.75) is 39.7 Å². The van der Waals surface area contributed by atoms with E-state index >= 15 is 0 Å². The molecule has 0 saturated heterocycles. The van der Waals surface area contributed by atoms with Gasteiger partial charge >= 0.3 is 0 Å². The lowest BCUT2D eigenvalue weighted by Crippen LogP contribution is -2.39. The fourth-order valence-electron chi connectivity index (χ4n) is 3.29. The normalized spacial score (nSPS) is 14.0. The van der Waals surface area contributed by atoms with Crippen LogP contribution in [0.25, 0.3) is 5.65 Å². The molecule has 3 aromatic rings. The fourth-order valence-corrected chi connectivity index (χ4v) is 3.29. The smallest absolute Gasteiger partial charge is 0.270 e. The van der Waals surface area contributed by atoms with E-state index in [4.69, 9.17) is 4.42 Å². The van der Waals surface area contributed by atoms with Gasteiger partial charge in [-0.1, -0.05) is 19.9 Å². The third-order valence-electron chi connectivity index (χ3n) is 4.84. The second-order valence-corrected chi connectivity index (χ2v) is 7.29. The minimum atomic E-state index is -0.353. The SMILES string of the molecule is CC(C)CCc1nc2c(o1)CCN(C(=O)c1cnc3ccccn3c1=O)C2. The van der Waals surface area contributed by atoms with Crippen LogP contribution in [0.15, 0.2) is 39.8 Å². The largest absolute Gasteiger partial charge is 0.445 e. The highest BCUT2D eigenvalue weighted by Crippen LogP contribution is 2.22. The molecule has 140 valence electrons. The molecule has 0 unspecified atom stereocenters. The van der Waals surface area contributed by atoms with Gasteiger partial charge in [-0.3, -0.25) is 14.0 Å². The summed E-state index contributed by atoms with van der Waals surface area (Å²) in [6.07, 6.45) is 5.41. The number of fused-ring (bicyclic) bond motifs is 2. The molecular weight excluding hydrogens is 344 g/mol. The number of pyridine rings is 1.